The van der Waals surface area contributed by atoms with Gasteiger partial charge in [0, 0.05) is 15.9 Å². The highest BCUT2D eigenvalue weighted by atomic mass is 79.9. The molecule has 2 aromatic carbocycles. The molecule has 0 bridgehead atoms. The van der Waals surface area contributed by atoms with Gasteiger partial charge in [0.15, 0.2) is 6.10 Å². The molecule has 1 heterocycles. The molecule has 0 aromatic heterocycles. The molecule has 0 saturated carbocycles. The van der Waals surface area contributed by atoms with Crippen molar-refractivity contribution in [3.8, 4) is 0 Å². The van der Waals surface area contributed by atoms with E-state index in [0.717, 1.165) is 32.8 Å². The topological polar surface area (TPSA) is 21.6 Å². The molecule has 1 atom stereocenters. The van der Waals surface area contributed by atoms with Crippen LogP contribution in [0, 0.1) is 0 Å². The summed E-state index contributed by atoms with van der Waals surface area (Å²) < 4.78 is 1.06. The number of halogens is 2. The van der Waals surface area contributed by atoms with E-state index in [0.29, 0.717) is 0 Å². The van der Waals surface area contributed by atoms with Gasteiger partial charge in [0.1, 0.15) is 0 Å². The predicted octanol–water partition coefficient (Wildman–Crippen LogP) is 4.97. The van der Waals surface area contributed by atoms with Crippen molar-refractivity contribution in [1.82, 2.24) is 0 Å². The Labute approximate surface area is 125 Å². The van der Waals surface area contributed by atoms with Crippen molar-refractivity contribution in [3.63, 3.8) is 0 Å². The molecule has 19 heavy (non-hydrogen) atoms. The SMILES string of the molecule is Clc1ccc(C2CC(c3ccc(Br)cc3)=NO2)cc1. The maximum atomic E-state index is 5.88. The smallest absolute Gasteiger partial charge is 0.158 e. The standard InChI is InChI=1S/C15H11BrClNO/c16-12-5-1-10(2-6-12)14-9-15(19-18-14)11-3-7-13(17)8-4-11/h1-8,15H,9H2. The lowest BCUT2D eigenvalue weighted by Crippen LogP contribution is -2.01. The Bertz CT molecular complexity index is 607. The number of hydrogen-bond acceptors (Lipinski definition) is 2. The van der Waals surface area contributed by atoms with Crippen LogP contribution in [0.3, 0.4) is 0 Å². The summed E-state index contributed by atoms with van der Waals surface area (Å²) >= 11 is 9.31. The van der Waals surface area contributed by atoms with E-state index < -0.39 is 0 Å². The normalized spacial score (nSPS) is 18.0. The first kappa shape index (κ1) is 12.7. The van der Waals surface area contributed by atoms with Gasteiger partial charge in [0.2, 0.25) is 0 Å². The van der Waals surface area contributed by atoms with E-state index in [-0.39, 0.29) is 6.10 Å². The van der Waals surface area contributed by atoms with E-state index in [2.05, 4.69) is 21.1 Å². The zero-order valence-corrected chi connectivity index (χ0v) is 12.4. The molecule has 0 fully saturated rings. The van der Waals surface area contributed by atoms with Crippen LogP contribution in [0.2, 0.25) is 5.02 Å². The summed E-state index contributed by atoms with van der Waals surface area (Å²) in [5, 5.41) is 4.92. The Morgan fingerprint density at radius 2 is 1.74 bits per heavy atom. The van der Waals surface area contributed by atoms with Gasteiger partial charge >= 0.3 is 0 Å². The van der Waals surface area contributed by atoms with E-state index in [4.69, 9.17) is 16.4 Å². The fourth-order valence-corrected chi connectivity index (χ4v) is 2.44. The van der Waals surface area contributed by atoms with Crippen LogP contribution in [0.5, 0.6) is 0 Å². The van der Waals surface area contributed by atoms with Crippen LogP contribution in [0.15, 0.2) is 58.2 Å². The van der Waals surface area contributed by atoms with Crippen molar-refractivity contribution in [1.29, 1.82) is 0 Å². The average molecular weight is 337 g/mol. The molecule has 0 N–H and O–H groups in total. The van der Waals surface area contributed by atoms with Crippen LogP contribution >= 0.6 is 27.5 Å². The van der Waals surface area contributed by atoms with E-state index >= 15 is 0 Å². The molecule has 3 rings (SSSR count). The lowest BCUT2D eigenvalue weighted by Gasteiger charge is -2.08. The predicted molar refractivity (Wildman–Crippen MR) is 80.6 cm³/mol. The third-order valence-corrected chi connectivity index (χ3v) is 3.87. The van der Waals surface area contributed by atoms with E-state index in [1.807, 2.05) is 48.5 Å². The molecule has 96 valence electrons. The lowest BCUT2D eigenvalue weighted by molar-refractivity contribution is 0.0857. The minimum atomic E-state index is -0.0177. The van der Waals surface area contributed by atoms with Crippen molar-refractivity contribution < 1.29 is 4.84 Å². The summed E-state index contributed by atoms with van der Waals surface area (Å²) in [5.41, 5.74) is 3.17. The first-order valence-electron chi connectivity index (χ1n) is 5.96. The molecule has 4 heteroatoms. The second kappa shape index (κ2) is 5.35. The zero-order chi connectivity index (χ0) is 13.2. The van der Waals surface area contributed by atoms with Gasteiger partial charge in [-0.05, 0) is 35.4 Å². The molecule has 0 amide bonds. The van der Waals surface area contributed by atoms with E-state index in [1.54, 1.807) is 0 Å². The molecule has 1 unspecified atom stereocenters. The summed E-state index contributed by atoms with van der Waals surface area (Å²) in [4.78, 5) is 5.51. The fourth-order valence-electron chi connectivity index (χ4n) is 2.05. The van der Waals surface area contributed by atoms with Crippen LogP contribution in [0.1, 0.15) is 23.7 Å². The number of hydrogen-bond donors (Lipinski definition) is 0. The molecule has 1 aliphatic rings. The summed E-state index contributed by atoms with van der Waals surface area (Å²) in [6, 6.07) is 15.8. The second-order valence-corrected chi connectivity index (χ2v) is 5.75. The van der Waals surface area contributed by atoms with Gasteiger partial charge in [0.05, 0.1) is 5.71 Å². The largest absolute Gasteiger partial charge is 0.387 e. The van der Waals surface area contributed by atoms with Crippen molar-refractivity contribution in [2.24, 2.45) is 5.16 Å². The van der Waals surface area contributed by atoms with Gasteiger partial charge in [-0.1, -0.05) is 57.0 Å². The lowest BCUT2D eigenvalue weighted by atomic mass is 10.0. The second-order valence-electron chi connectivity index (χ2n) is 4.39. The molecule has 2 nitrogen and oxygen atoms in total. The summed E-state index contributed by atoms with van der Waals surface area (Å²) in [6.45, 7) is 0. The van der Waals surface area contributed by atoms with Gasteiger partial charge in [-0.3, -0.25) is 0 Å². The molecule has 2 aromatic rings. The number of rotatable bonds is 2. The van der Waals surface area contributed by atoms with Crippen LogP contribution in [0.25, 0.3) is 0 Å². The van der Waals surface area contributed by atoms with Crippen LogP contribution in [-0.4, -0.2) is 5.71 Å². The Balaban J connectivity index is 1.76. The minimum absolute atomic E-state index is 0.0177. The third-order valence-electron chi connectivity index (χ3n) is 3.09. The van der Waals surface area contributed by atoms with Gasteiger partial charge < -0.3 is 4.84 Å². The minimum Gasteiger partial charge on any atom is -0.387 e. The van der Waals surface area contributed by atoms with Crippen molar-refractivity contribution >= 4 is 33.2 Å². The molecule has 0 spiro atoms. The summed E-state index contributed by atoms with van der Waals surface area (Å²) in [6.07, 6.45) is 0.763. The van der Waals surface area contributed by atoms with Gasteiger partial charge in [-0.2, -0.15) is 0 Å². The van der Waals surface area contributed by atoms with Crippen molar-refractivity contribution in [3.05, 3.63) is 69.2 Å². The number of nitrogens with zero attached hydrogens (tertiary/aromatic N) is 1. The maximum absolute atomic E-state index is 5.88. The maximum Gasteiger partial charge on any atom is 0.158 e. The molecule has 0 aliphatic carbocycles. The van der Waals surface area contributed by atoms with Crippen LogP contribution < -0.4 is 0 Å². The van der Waals surface area contributed by atoms with Gasteiger partial charge in [-0.25, -0.2) is 0 Å². The fraction of sp³-hybridized carbons (Fsp3) is 0.133. The van der Waals surface area contributed by atoms with E-state index in [1.165, 1.54) is 0 Å². The van der Waals surface area contributed by atoms with Crippen molar-refractivity contribution in [2.45, 2.75) is 12.5 Å². The number of oxime groups is 1. The van der Waals surface area contributed by atoms with Crippen LogP contribution in [0.4, 0.5) is 0 Å². The molecule has 1 aliphatic heterocycles. The van der Waals surface area contributed by atoms with Crippen molar-refractivity contribution in [2.75, 3.05) is 0 Å². The Morgan fingerprint density at radius 3 is 2.42 bits per heavy atom. The molecular formula is C15H11BrClNO. The zero-order valence-electron chi connectivity index (χ0n) is 10.0. The highest BCUT2D eigenvalue weighted by Gasteiger charge is 2.23. The van der Waals surface area contributed by atoms with Gasteiger partial charge in [0.25, 0.3) is 0 Å². The van der Waals surface area contributed by atoms with Gasteiger partial charge in [-0.15, -0.1) is 0 Å². The monoisotopic (exact) mass is 335 g/mol. The molecule has 0 saturated heterocycles. The summed E-state index contributed by atoms with van der Waals surface area (Å²) in [7, 11) is 0. The third kappa shape index (κ3) is 2.82. The molecule has 0 radical (unpaired) electrons. The number of benzene rings is 2. The first-order valence-corrected chi connectivity index (χ1v) is 7.13. The highest BCUT2D eigenvalue weighted by molar-refractivity contribution is 9.10. The average Bonchev–Trinajstić information content (AvgIpc) is 2.90. The quantitative estimate of drug-likeness (QED) is 0.759. The summed E-state index contributed by atoms with van der Waals surface area (Å²) in [5.74, 6) is 0. The Kier molecular flexibility index (Phi) is 3.58. The molecular weight excluding hydrogens is 326 g/mol. The van der Waals surface area contributed by atoms with Crippen LogP contribution in [-0.2, 0) is 4.84 Å². The Morgan fingerprint density at radius 1 is 1.05 bits per heavy atom. The van der Waals surface area contributed by atoms with E-state index in [9.17, 15) is 0 Å². The highest BCUT2D eigenvalue weighted by Crippen LogP contribution is 2.30. The Hall–Kier alpha value is -1.32. The first-order chi connectivity index (χ1) is 9.22.